The SMILES string of the molecule is Cc1cccnc1[C@@H](NC(=O)c1cn(C)c(=O)[nH]c1=O)C1CC1. The molecule has 0 aliphatic heterocycles. The number of rotatable bonds is 4. The van der Waals surface area contributed by atoms with Gasteiger partial charge in [-0.3, -0.25) is 19.6 Å². The second kappa shape index (κ2) is 5.83. The van der Waals surface area contributed by atoms with E-state index in [1.807, 2.05) is 19.1 Å². The van der Waals surface area contributed by atoms with Crippen LogP contribution in [0, 0.1) is 12.8 Å². The van der Waals surface area contributed by atoms with Crippen molar-refractivity contribution in [2.75, 3.05) is 0 Å². The summed E-state index contributed by atoms with van der Waals surface area (Å²) in [7, 11) is 1.48. The molecule has 1 aliphatic carbocycles. The molecule has 1 fully saturated rings. The van der Waals surface area contributed by atoms with Crippen molar-refractivity contribution in [1.82, 2.24) is 19.9 Å². The molecule has 2 N–H and O–H groups in total. The third kappa shape index (κ3) is 3.08. The van der Waals surface area contributed by atoms with E-state index in [-0.39, 0.29) is 11.6 Å². The fraction of sp³-hybridized carbons (Fsp3) is 0.375. The van der Waals surface area contributed by atoms with Gasteiger partial charge < -0.3 is 9.88 Å². The number of pyridine rings is 1. The van der Waals surface area contributed by atoms with Crippen LogP contribution in [0.2, 0.25) is 0 Å². The molecule has 7 nitrogen and oxygen atoms in total. The lowest BCUT2D eigenvalue weighted by atomic mass is 10.0. The molecule has 1 amide bonds. The van der Waals surface area contributed by atoms with E-state index >= 15 is 0 Å². The van der Waals surface area contributed by atoms with Crippen LogP contribution in [0.1, 0.15) is 40.5 Å². The van der Waals surface area contributed by atoms with E-state index in [1.165, 1.54) is 17.8 Å². The lowest BCUT2D eigenvalue weighted by Crippen LogP contribution is -2.38. The van der Waals surface area contributed by atoms with E-state index < -0.39 is 17.2 Å². The van der Waals surface area contributed by atoms with Crippen LogP contribution in [0.25, 0.3) is 0 Å². The van der Waals surface area contributed by atoms with Gasteiger partial charge in [-0.2, -0.15) is 0 Å². The van der Waals surface area contributed by atoms with Gasteiger partial charge in [0, 0.05) is 19.4 Å². The summed E-state index contributed by atoms with van der Waals surface area (Å²) in [6, 6.07) is 3.57. The molecule has 120 valence electrons. The molecular weight excluding hydrogens is 296 g/mol. The van der Waals surface area contributed by atoms with Gasteiger partial charge in [-0.15, -0.1) is 0 Å². The van der Waals surface area contributed by atoms with E-state index in [0.717, 1.165) is 24.1 Å². The lowest BCUT2D eigenvalue weighted by Gasteiger charge is -2.19. The smallest absolute Gasteiger partial charge is 0.328 e. The van der Waals surface area contributed by atoms with Crippen molar-refractivity contribution in [3.05, 3.63) is 62.2 Å². The Balaban J connectivity index is 1.91. The van der Waals surface area contributed by atoms with E-state index in [4.69, 9.17) is 0 Å². The first-order valence-electron chi connectivity index (χ1n) is 7.49. The standard InChI is InChI=1S/C16H18N4O3/c1-9-4-3-7-17-12(9)13(10-5-6-10)18-14(21)11-8-20(2)16(23)19-15(11)22/h3-4,7-8,10,13H,5-6H2,1-2H3,(H,18,21)(H,19,22,23)/t13-/m0/s1. The van der Waals surface area contributed by atoms with Gasteiger partial charge in [0.05, 0.1) is 11.7 Å². The van der Waals surface area contributed by atoms with Crippen molar-refractivity contribution in [2.45, 2.75) is 25.8 Å². The molecule has 2 aromatic heterocycles. The third-order valence-corrected chi connectivity index (χ3v) is 4.08. The number of H-pyrrole nitrogens is 1. The number of nitrogens with one attached hydrogen (secondary N) is 2. The Kier molecular flexibility index (Phi) is 3.85. The molecule has 0 radical (unpaired) electrons. The summed E-state index contributed by atoms with van der Waals surface area (Å²) < 4.78 is 1.18. The minimum Gasteiger partial charge on any atom is -0.343 e. The molecule has 0 saturated heterocycles. The van der Waals surface area contributed by atoms with Crippen molar-refractivity contribution < 1.29 is 4.79 Å². The average molecular weight is 314 g/mol. The molecule has 0 spiro atoms. The highest BCUT2D eigenvalue weighted by atomic mass is 16.2. The molecule has 0 unspecified atom stereocenters. The Bertz CT molecular complexity index is 864. The molecule has 3 rings (SSSR count). The maximum atomic E-state index is 12.5. The van der Waals surface area contributed by atoms with Gasteiger partial charge >= 0.3 is 5.69 Å². The maximum Gasteiger partial charge on any atom is 0.328 e. The molecular formula is C16H18N4O3. The first kappa shape index (κ1) is 15.2. The first-order valence-corrected chi connectivity index (χ1v) is 7.49. The van der Waals surface area contributed by atoms with Crippen LogP contribution >= 0.6 is 0 Å². The number of carbonyl (C=O) groups excluding carboxylic acids is 1. The van der Waals surface area contributed by atoms with E-state index in [2.05, 4.69) is 15.3 Å². The topological polar surface area (TPSA) is 96.8 Å². The van der Waals surface area contributed by atoms with Gasteiger partial charge in [0.25, 0.3) is 11.5 Å². The van der Waals surface area contributed by atoms with Gasteiger partial charge in [-0.05, 0) is 37.3 Å². The van der Waals surface area contributed by atoms with E-state index in [9.17, 15) is 14.4 Å². The number of aromatic amines is 1. The van der Waals surface area contributed by atoms with Crippen LogP contribution in [0.15, 0.2) is 34.1 Å². The number of aromatic nitrogens is 3. The Morgan fingerprint density at radius 3 is 2.83 bits per heavy atom. The molecule has 7 heteroatoms. The highest BCUT2D eigenvalue weighted by Gasteiger charge is 2.35. The van der Waals surface area contributed by atoms with Gasteiger partial charge in [0.15, 0.2) is 0 Å². The molecule has 1 saturated carbocycles. The van der Waals surface area contributed by atoms with Crippen LogP contribution in [0.4, 0.5) is 0 Å². The Hall–Kier alpha value is -2.70. The molecule has 1 aliphatic rings. The fourth-order valence-electron chi connectivity index (χ4n) is 2.61. The zero-order valence-electron chi connectivity index (χ0n) is 13.0. The van der Waals surface area contributed by atoms with Crippen LogP contribution in [0.3, 0.4) is 0 Å². The predicted octanol–water partition coefficient (Wildman–Crippen LogP) is 0.658. The van der Waals surface area contributed by atoms with E-state index in [0.29, 0.717) is 5.92 Å². The number of hydrogen-bond donors (Lipinski definition) is 2. The van der Waals surface area contributed by atoms with Crippen molar-refractivity contribution in [3.63, 3.8) is 0 Å². The number of aryl methyl sites for hydroxylation is 2. The van der Waals surface area contributed by atoms with Crippen molar-refractivity contribution in [2.24, 2.45) is 13.0 Å². The zero-order chi connectivity index (χ0) is 16.6. The summed E-state index contributed by atoms with van der Waals surface area (Å²) in [5.74, 6) is -0.164. The minimum atomic E-state index is -0.683. The maximum absolute atomic E-state index is 12.5. The Morgan fingerprint density at radius 2 is 2.17 bits per heavy atom. The zero-order valence-corrected chi connectivity index (χ0v) is 13.0. The van der Waals surface area contributed by atoms with Crippen LogP contribution in [0.5, 0.6) is 0 Å². The fourth-order valence-corrected chi connectivity index (χ4v) is 2.61. The van der Waals surface area contributed by atoms with Crippen molar-refractivity contribution in [3.8, 4) is 0 Å². The van der Waals surface area contributed by atoms with Crippen LogP contribution < -0.4 is 16.6 Å². The normalized spacial score (nSPS) is 15.2. The van der Waals surface area contributed by atoms with Crippen LogP contribution in [-0.4, -0.2) is 20.4 Å². The average Bonchev–Trinajstić information content (AvgIpc) is 3.34. The van der Waals surface area contributed by atoms with Gasteiger partial charge in [-0.25, -0.2) is 4.79 Å². The van der Waals surface area contributed by atoms with Crippen molar-refractivity contribution >= 4 is 5.91 Å². The molecule has 2 aromatic rings. The second-order valence-electron chi connectivity index (χ2n) is 5.91. The third-order valence-electron chi connectivity index (χ3n) is 4.08. The highest BCUT2D eigenvalue weighted by Crippen LogP contribution is 2.41. The van der Waals surface area contributed by atoms with E-state index in [1.54, 1.807) is 6.20 Å². The molecule has 0 bridgehead atoms. The van der Waals surface area contributed by atoms with Gasteiger partial charge in [0.1, 0.15) is 5.56 Å². The first-order chi connectivity index (χ1) is 11.0. The number of amides is 1. The summed E-state index contributed by atoms with van der Waals surface area (Å²) >= 11 is 0. The van der Waals surface area contributed by atoms with Gasteiger partial charge in [0.2, 0.25) is 0 Å². The molecule has 0 aromatic carbocycles. The Labute approximate surface area is 132 Å². The second-order valence-corrected chi connectivity index (χ2v) is 5.91. The summed E-state index contributed by atoms with van der Waals surface area (Å²) in [6.07, 6.45) is 4.99. The number of carbonyl (C=O) groups is 1. The van der Waals surface area contributed by atoms with Crippen molar-refractivity contribution in [1.29, 1.82) is 0 Å². The molecule has 2 heterocycles. The predicted molar refractivity (Wildman–Crippen MR) is 84.2 cm³/mol. The Morgan fingerprint density at radius 1 is 1.43 bits per heavy atom. The summed E-state index contributed by atoms with van der Waals surface area (Å²) in [5, 5.41) is 2.90. The number of nitrogens with zero attached hydrogens (tertiary/aromatic N) is 2. The largest absolute Gasteiger partial charge is 0.343 e. The summed E-state index contributed by atoms with van der Waals surface area (Å²) in [5.41, 5.74) is 0.513. The molecule has 23 heavy (non-hydrogen) atoms. The van der Waals surface area contributed by atoms with Gasteiger partial charge in [-0.1, -0.05) is 6.07 Å². The molecule has 1 atom stereocenters. The quantitative estimate of drug-likeness (QED) is 0.866. The van der Waals surface area contributed by atoms with Crippen LogP contribution in [-0.2, 0) is 7.05 Å². The number of hydrogen-bond acceptors (Lipinski definition) is 4. The summed E-state index contributed by atoms with van der Waals surface area (Å²) in [6.45, 7) is 1.95. The highest BCUT2D eigenvalue weighted by molar-refractivity contribution is 5.93. The summed E-state index contributed by atoms with van der Waals surface area (Å²) in [4.78, 5) is 42.2. The monoisotopic (exact) mass is 314 g/mol. The minimum absolute atomic E-state index is 0.0775. The lowest BCUT2D eigenvalue weighted by molar-refractivity contribution is 0.0928.